The van der Waals surface area contributed by atoms with E-state index >= 15 is 0 Å². The Kier molecular flexibility index (Phi) is 3.11. The molecule has 0 amide bonds. The Labute approximate surface area is 68.2 Å². The van der Waals surface area contributed by atoms with Gasteiger partial charge in [-0.2, -0.15) is 0 Å². The molecule has 0 aromatic carbocycles. The maximum Gasteiger partial charge on any atom is 0.101 e. The van der Waals surface area contributed by atoms with Gasteiger partial charge in [0.15, 0.2) is 0 Å². The van der Waals surface area contributed by atoms with Crippen molar-refractivity contribution < 1.29 is 0 Å². The molecule has 0 spiro atoms. The molecule has 0 aliphatic carbocycles. The molecule has 64 valence electrons. The second-order valence-corrected chi connectivity index (χ2v) is 3.62. The summed E-state index contributed by atoms with van der Waals surface area (Å²) in [5, 5.41) is 10.0. The van der Waals surface area contributed by atoms with Crippen molar-refractivity contribution in [3.63, 3.8) is 0 Å². The highest BCUT2D eigenvalue weighted by atomic mass is 15.0. The number of nitrogens with one attached hydrogen (secondary N) is 2. The van der Waals surface area contributed by atoms with E-state index in [4.69, 9.17) is 11.1 Å². The van der Waals surface area contributed by atoms with E-state index in [-0.39, 0.29) is 5.54 Å². The van der Waals surface area contributed by atoms with Gasteiger partial charge in [0.05, 0.1) is 0 Å². The normalized spacial score (nSPS) is 13.8. The maximum absolute atomic E-state index is 6.94. The molecule has 0 aliphatic heterocycles. The fraction of sp³-hybridized carbons (Fsp3) is 0.625. The van der Waals surface area contributed by atoms with E-state index in [1.807, 2.05) is 20.8 Å². The van der Waals surface area contributed by atoms with Crippen LogP contribution in [0.1, 0.15) is 27.7 Å². The lowest BCUT2D eigenvalue weighted by molar-refractivity contribution is 0.469. The van der Waals surface area contributed by atoms with Crippen LogP contribution in [-0.2, 0) is 0 Å². The Balaban J connectivity index is 4.28. The quantitative estimate of drug-likeness (QED) is 0.525. The van der Waals surface area contributed by atoms with E-state index in [0.29, 0.717) is 5.82 Å². The molecular weight excluding hydrogens is 138 g/mol. The molecule has 0 aromatic heterocycles. The summed E-state index contributed by atoms with van der Waals surface area (Å²) < 4.78 is 0. The van der Waals surface area contributed by atoms with E-state index in [2.05, 4.69) is 5.32 Å². The van der Waals surface area contributed by atoms with Crippen molar-refractivity contribution in [3.05, 3.63) is 11.4 Å². The van der Waals surface area contributed by atoms with Gasteiger partial charge < -0.3 is 16.5 Å². The molecule has 0 atom stereocenters. The van der Waals surface area contributed by atoms with Crippen LogP contribution >= 0.6 is 0 Å². The Bertz CT molecular complexity index is 174. The SMILES string of the molecule is C/C(C=N)=C(\N)NC(C)(C)C. The summed E-state index contributed by atoms with van der Waals surface area (Å²) in [6.07, 6.45) is 1.24. The molecule has 0 unspecified atom stereocenters. The van der Waals surface area contributed by atoms with Crippen molar-refractivity contribution in [1.82, 2.24) is 5.32 Å². The van der Waals surface area contributed by atoms with Crippen molar-refractivity contribution in [2.75, 3.05) is 0 Å². The second kappa shape index (κ2) is 3.42. The van der Waals surface area contributed by atoms with Crippen molar-refractivity contribution in [1.29, 1.82) is 5.41 Å². The second-order valence-electron chi connectivity index (χ2n) is 3.62. The van der Waals surface area contributed by atoms with Crippen LogP contribution in [0.25, 0.3) is 0 Å². The van der Waals surface area contributed by atoms with Crippen molar-refractivity contribution >= 4 is 6.21 Å². The van der Waals surface area contributed by atoms with E-state index in [1.54, 1.807) is 6.92 Å². The van der Waals surface area contributed by atoms with Gasteiger partial charge in [-0.15, -0.1) is 0 Å². The van der Waals surface area contributed by atoms with Gasteiger partial charge in [-0.25, -0.2) is 0 Å². The highest BCUT2D eigenvalue weighted by Crippen LogP contribution is 2.02. The zero-order valence-electron chi connectivity index (χ0n) is 7.65. The average Bonchev–Trinajstić information content (AvgIpc) is 1.82. The van der Waals surface area contributed by atoms with E-state index < -0.39 is 0 Å². The molecule has 0 radical (unpaired) electrons. The van der Waals surface area contributed by atoms with Crippen molar-refractivity contribution in [2.24, 2.45) is 5.73 Å². The number of hydrogen-bond donors (Lipinski definition) is 3. The topological polar surface area (TPSA) is 61.9 Å². The zero-order valence-corrected chi connectivity index (χ0v) is 7.65. The Morgan fingerprint density at radius 3 is 2.18 bits per heavy atom. The number of allylic oxidation sites excluding steroid dienone is 1. The minimum absolute atomic E-state index is 0.0334. The van der Waals surface area contributed by atoms with Gasteiger partial charge in [0, 0.05) is 17.3 Å². The lowest BCUT2D eigenvalue weighted by Crippen LogP contribution is -2.38. The number of hydrogen-bond acceptors (Lipinski definition) is 3. The van der Waals surface area contributed by atoms with Gasteiger partial charge in [0.25, 0.3) is 0 Å². The molecule has 0 heterocycles. The summed E-state index contributed by atoms with van der Waals surface area (Å²) in [5.74, 6) is 0.576. The Morgan fingerprint density at radius 1 is 1.45 bits per heavy atom. The fourth-order valence-corrected chi connectivity index (χ4v) is 0.580. The molecule has 0 bridgehead atoms. The smallest absolute Gasteiger partial charge is 0.101 e. The highest BCUT2D eigenvalue weighted by Gasteiger charge is 2.09. The van der Waals surface area contributed by atoms with Gasteiger partial charge >= 0.3 is 0 Å². The molecule has 11 heavy (non-hydrogen) atoms. The number of rotatable bonds is 2. The lowest BCUT2D eigenvalue weighted by Gasteiger charge is -2.22. The van der Waals surface area contributed by atoms with Crippen LogP contribution in [0.5, 0.6) is 0 Å². The van der Waals surface area contributed by atoms with E-state index in [0.717, 1.165) is 5.57 Å². The van der Waals surface area contributed by atoms with Gasteiger partial charge in [-0.1, -0.05) is 0 Å². The van der Waals surface area contributed by atoms with Gasteiger partial charge in [0.1, 0.15) is 5.82 Å². The first kappa shape index (κ1) is 10.0. The molecule has 0 saturated carbocycles. The standard InChI is InChI=1S/C8H17N3/c1-6(5-9)7(10)11-8(2,3)4/h5,9,11H,10H2,1-4H3/b7-6-,9-5?. The van der Waals surface area contributed by atoms with Crippen LogP contribution in [0.2, 0.25) is 0 Å². The zero-order chi connectivity index (χ0) is 9.07. The van der Waals surface area contributed by atoms with E-state index in [9.17, 15) is 0 Å². The summed E-state index contributed by atoms with van der Waals surface area (Å²) in [6, 6.07) is 0. The minimum Gasteiger partial charge on any atom is -0.385 e. The Hall–Kier alpha value is -0.990. The lowest BCUT2D eigenvalue weighted by atomic mass is 10.1. The summed E-state index contributed by atoms with van der Waals surface area (Å²) in [4.78, 5) is 0. The van der Waals surface area contributed by atoms with Gasteiger partial charge in [-0.3, -0.25) is 0 Å². The first-order valence-corrected chi connectivity index (χ1v) is 3.62. The fourth-order valence-electron chi connectivity index (χ4n) is 0.580. The molecule has 4 N–H and O–H groups in total. The number of nitrogens with two attached hydrogens (primary N) is 1. The van der Waals surface area contributed by atoms with Crippen LogP contribution < -0.4 is 11.1 Å². The average molecular weight is 155 g/mol. The van der Waals surface area contributed by atoms with Crippen LogP contribution in [0.3, 0.4) is 0 Å². The third kappa shape index (κ3) is 4.42. The van der Waals surface area contributed by atoms with Crippen molar-refractivity contribution in [2.45, 2.75) is 33.2 Å². The minimum atomic E-state index is -0.0334. The Morgan fingerprint density at radius 2 is 1.91 bits per heavy atom. The van der Waals surface area contributed by atoms with E-state index in [1.165, 1.54) is 6.21 Å². The highest BCUT2D eigenvalue weighted by molar-refractivity contribution is 5.75. The summed E-state index contributed by atoms with van der Waals surface area (Å²) in [7, 11) is 0. The molecular formula is C8H17N3. The third-order valence-electron chi connectivity index (χ3n) is 1.15. The summed E-state index contributed by atoms with van der Waals surface area (Å²) in [5.41, 5.74) is 6.36. The van der Waals surface area contributed by atoms with Gasteiger partial charge in [-0.05, 0) is 27.7 Å². The predicted molar refractivity (Wildman–Crippen MR) is 48.6 cm³/mol. The first-order valence-electron chi connectivity index (χ1n) is 3.62. The molecule has 3 heteroatoms. The molecule has 0 saturated heterocycles. The van der Waals surface area contributed by atoms with Crippen LogP contribution in [0.15, 0.2) is 11.4 Å². The maximum atomic E-state index is 6.94. The molecule has 3 nitrogen and oxygen atoms in total. The molecule has 0 fully saturated rings. The summed E-state index contributed by atoms with van der Waals surface area (Å²) in [6.45, 7) is 7.88. The molecule has 0 aromatic rings. The molecule has 0 aliphatic rings. The molecule has 0 rings (SSSR count). The van der Waals surface area contributed by atoms with Crippen LogP contribution in [-0.4, -0.2) is 11.8 Å². The monoisotopic (exact) mass is 155 g/mol. The van der Waals surface area contributed by atoms with Gasteiger partial charge in [0.2, 0.25) is 0 Å². The largest absolute Gasteiger partial charge is 0.385 e. The van der Waals surface area contributed by atoms with Crippen LogP contribution in [0, 0.1) is 5.41 Å². The van der Waals surface area contributed by atoms with Crippen molar-refractivity contribution in [3.8, 4) is 0 Å². The first-order chi connectivity index (χ1) is 4.87. The van der Waals surface area contributed by atoms with Crippen LogP contribution in [0.4, 0.5) is 0 Å². The summed E-state index contributed by atoms with van der Waals surface area (Å²) >= 11 is 0. The predicted octanol–water partition coefficient (Wildman–Crippen LogP) is 1.21. The third-order valence-corrected chi connectivity index (χ3v) is 1.15.